The van der Waals surface area contributed by atoms with Crippen molar-refractivity contribution in [3.05, 3.63) is 53.6 Å². The third-order valence-electron chi connectivity index (χ3n) is 4.63. The Balaban J connectivity index is 1.61. The lowest BCUT2D eigenvalue weighted by molar-refractivity contribution is -0.128. The van der Waals surface area contributed by atoms with E-state index in [1.54, 1.807) is 31.2 Å². The van der Waals surface area contributed by atoms with Crippen LogP contribution in [0, 0.1) is 0 Å². The van der Waals surface area contributed by atoms with E-state index in [2.05, 4.69) is 5.32 Å². The van der Waals surface area contributed by atoms with Crippen LogP contribution in [-0.2, 0) is 16.0 Å². The molecule has 0 aromatic heterocycles. The van der Waals surface area contributed by atoms with Crippen LogP contribution in [0.25, 0.3) is 0 Å². The van der Waals surface area contributed by atoms with Gasteiger partial charge in [0.25, 0.3) is 5.91 Å². The molecule has 0 radical (unpaired) electrons. The number of methoxy groups -OCH3 is 1. The molecular formula is C21H22N2O6. The molecule has 152 valence electrons. The summed E-state index contributed by atoms with van der Waals surface area (Å²) in [5, 5.41) is 11.8. The van der Waals surface area contributed by atoms with Crippen molar-refractivity contribution in [1.82, 2.24) is 5.32 Å². The highest BCUT2D eigenvalue weighted by Crippen LogP contribution is 2.33. The number of nitrogens with one attached hydrogen (secondary N) is 1. The number of rotatable bonds is 7. The van der Waals surface area contributed by atoms with E-state index in [1.807, 2.05) is 6.07 Å². The Kier molecular flexibility index (Phi) is 6.01. The fourth-order valence-corrected chi connectivity index (χ4v) is 3.14. The van der Waals surface area contributed by atoms with Gasteiger partial charge in [-0.15, -0.1) is 0 Å². The number of carbonyl (C=O) groups is 3. The van der Waals surface area contributed by atoms with Crippen molar-refractivity contribution < 1.29 is 29.0 Å². The molecule has 29 heavy (non-hydrogen) atoms. The van der Waals surface area contributed by atoms with Crippen LogP contribution in [0.15, 0.2) is 42.5 Å². The predicted molar refractivity (Wildman–Crippen MR) is 106 cm³/mol. The Bertz CT molecular complexity index is 943. The number of hydrogen-bond acceptors (Lipinski definition) is 5. The molecule has 0 bridgehead atoms. The summed E-state index contributed by atoms with van der Waals surface area (Å²) in [6, 6.07) is 11.7. The van der Waals surface area contributed by atoms with Crippen molar-refractivity contribution in [3.8, 4) is 11.5 Å². The zero-order valence-corrected chi connectivity index (χ0v) is 16.2. The Hall–Kier alpha value is -3.55. The number of para-hydroxylation sites is 2. The van der Waals surface area contributed by atoms with Gasteiger partial charge in [-0.25, -0.2) is 4.79 Å². The Morgan fingerprint density at radius 3 is 2.72 bits per heavy atom. The van der Waals surface area contributed by atoms with E-state index < -0.39 is 12.1 Å². The van der Waals surface area contributed by atoms with Crippen LogP contribution in [0.1, 0.15) is 22.8 Å². The minimum Gasteiger partial charge on any atom is -0.496 e. The maximum Gasteiger partial charge on any atom is 0.335 e. The minimum atomic E-state index is -1.03. The number of ether oxygens (including phenoxy) is 2. The molecule has 2 aromatic rings. The number of carbonyl (C=O) groups excluding carboxylic acids is 2. The average molecular weight is 398 g/mol. The smallest absolute Gasteiger partial charge is 0.335 e. The van der Waals surface area contributed by atoms with Crippen molar-refractivity contribution in [2.24, 2.45) is 0 Å². The standard InChI is InChI=1S/C21H22N2O6/c1-13-20(25)23(16-5-3-4-6-17(16)29-13)12-19(24)22-10-9-14-7-8-15(21(26)27)11-18(14)28-2/h3-8,11,13H,9-10,12H2,1-2H3,(H,22,24)(H,26,27). The molecule has 3 rings (SSSR count). The van der Waals surface area contributed by atoms with Crippen LogP contribution in [0.3, 0.4) is 0 Å². The number of fused-ring (bicyclic) bond motifs is 1. The first kappa shape index (κ1) is 20.2. The summed E-state index contributed by atoms with van der Waals surface area (Å²) < 4.78 is 10.8. The van der Waals surface area contributed by atoms with Gasteiger partial charge in [-0.2, -0.15) is 0 Å². The average Bonchev–Trinajstić information content (AvgIpc) is 2.71. The number of carboxylic acids is 1. The van der Waals surface area contributed by atoms with Gasteiger partial charge in [0.05, 0.1) is 18.4 Å². The zero-order valence-electron chi connectivity index (χ0n) is 16.2. The molecule has 2 N–H and O–H groups in total. The van der Waals surface area contributed by atoms with Gasteiger partial charge in [-0.05, 0) is 43.2 Å². The Labute approximate surface area is 168 Å². The minimum absolute atomic E-state index is 0.112. The zero-order chi connectivity index (χ0) is 21.0. The third-order valence-corrected chi connectivity index (χ3v) is 4.63. The molecule has 1 atom stereocenters. The van der Waals surface area contributed by atoms with Crippen molar-refractivity contribution in [2.75, 3.05) is 25.1 Å². The summed E-state index contributed by atoms with van der Waals surface area (Å²) >= 11 is 0. The molecule has 8 nitrogen and oxygen atoms in total. The van der Waals surface area contributed by atoms with E-state index in [1.165, 1.54) is 24.1 Å². The maximum atomic E-state index is 12.4. The van der Waals surface area contributed by atoms with Gasteiger partial charge < -0.3 is 19.9 Å². The van der Waals surface area contributed by atoms with E-state index in [0.29, 0.717) is 30.2 Å². The first-order valence-corrected chi connectivity index (χ1v) is 9.14. The number of anilines is 1. The highest BCUT2D eigenvalue weighted by molar-refractivity contribution is 6.03. The summed E-state index contributed by atoms with van der Waals surface area (Å²) in [4.78, 5) is 37.3. The fourth-order valence-electron chi connectivity index (χ4n) is 3.14. The SMILES string of the molecule is COc1cc(C(=O)O)ccc1CCNC(=O)CN1C(=O)C(C)Oc2ccccc21. The maximum absolute atomic E-state index is 12.4. The lowest BCUT2D eigenvalue weighted by atomic mass is 10.1. The number of carboxylic acid groups (broad SMARTS) is 1. The first-order valence-electron chi connectivity index (χ1n) is 9.14. The van der Waals surface area contributed by atoms with Gasteiger partial charge in [0.1, 0.15) is 18.0 Å². The summed E-state index contributed by atoms with van der Waals surface area (Å²) in [7, 11) is 1.46. The van der Waals surface area contributed by atoms with Gasteiger partial charge in [-0.1, -0.05) is 18.2 Å². The summed E-state index contributed by atoms with van der Waals surface area (Å²) in [6.07, 6.45) is -0.200. The molecule has 2 amide bonds. The lowest BCUT2D eigenvalue weighted by Crippen LogP contribution is -2.49. The second-order valence-corrected chi connectivity index (χ2v) is 6.58. The third kappa shape index (κ3) is 4.48. The largest absolute Gasteiger partial charge is 0.496 e. The second-order valence-electron chi connectivity index (χ2n) is 6.58. The molecular weight excluding hydrogens is 376 g/mol. The highest BCUT2D eigenvalue weighted by Gasteiger charge is 2.32. The highest BCUT2D eigenvalue weighted by atomic mass is 16.5. The van der Waals surface area contributed by atoms with Crippen LogP contribution in [-0.4, -0.2) is 49.2 Å². The van der Waals surface area contributed by atoms with Crippen LogP contribution in [0.2, 0.25) is 0 Å². The van der Waals surface area contributed by atoms with E-state index in [9.17, 15) is 14.4 Å². The van der Waals surface area contributed by atoms with Crippen LogP contribution in [0.4, 0.5) is 5.69 Å². The molecule has 0 saturated carbocycles. The second kappa shape index (κ2) is 8.64. The summed E-state index contributed by atoms with van der Waals surface area (Å²) in [5.41, 5.74) is 1.48. The predicted octanol–water partition coefficient (Wildman–Crippen LogP) is 1.87. The lowest BCUT2D eigenvalue weighted by Gasteiger charge is -2.32. The van der Waals surface area contributed by atoms with Crippen molar-refractivity contribution in [2.45, 2.75) is 19.4 Å². The van der Waals surface area contributed by atoms with Gasteiger partial charge in [0, 0.05) is 6.54 Å². The van der Waals surface area contributed by atoms with Gasteiger partial charge in [-0.3, -0.25) is 14.5 Å². The number of hydrogen-bond donors (Lipinski definition) is 2. The number of amides is 2. The van der Waals surface area contributed by atoms with Crippen molar-refractivity contribution >= 4 is 23.5 Å². The summed E-state index contributed by atoms with van der Waals surface area (Å²) in [5.74, 6) is -0.595. The number of benzene rings is 2. The molecule has 2 aromatic carbocycles. The Morgan fingerprint density at radius 1 is 1.24 bits per heavy atom. The normalized spacial score (nSPS) is 15.3. The first-order chi connectivity index (χ1) is 13.9. The van der Waals surface area contributed by atoms with Gasteiger partial charge >= 0.3 is 5.97 Å². The van der Waals surface area contributed by atoms with E-state index in [0.717, 1.165) is 5.56 Å². The molecule has 0 fully saturated rings. The summed E-state index contributed by atoms with van der Waals surface area (Å²) in [6.45, 7) is 1.85. The van der Waals surface area contributed by atoms with Crippen molar-refractivity contribution in [3.63, 3.8) is 0 Å². The number of aromatic carboxylic acids is 1. The van der Waals surface area contributed by atoms with Crippen molar-refractivity contribution in [1.29, 1.82) is 0 Å². The van der Waals surface area contributed by atoms with E-state index in [-0.39, 0.29) is 23.9 Å². The van der Waals surface area contributed by atoms with E-state index >= 15 is 0 Å². The quantitative estimate of drug-likeness (QED) is 0.738. The Morgan fingerprint density at radius 2 is 2.00 bits per heavy atom. The van der Waals surface area contributed by atoms with E-state index in [4.69, 9.17) is 14.6 Å². The molecule has 1 aliphatic heterocycles. The molecule has 1 unspecified atom stereocenters. The van der Waals surface area contributed by atoms with Crippen LogP contribution < -0.4 is 19.7 Å². The molecule has 1 aliphatic rings. The molecule has 0 aliphatic carbocycles. The monoisotopic (exact) mass is 398 g/mol. The van der Waals surface area contributed by atoms with Crippen LogP contribution in [0.5, 0.6) is 11.5 Å². The van der Waals surface area contributed by atoms with Gasteiger partial charge in [0.15, 0.2) is 6.10 Å². The number of nitrogens with zero attached hydrogens (tertiary/aromatic N) is 1. The fraction of sp³-hybridized carbons (Fsp3) is 0.286. The molecule has 8 heteroatoms. The molecule has 1 heterocycles. The van der Waals surface area contributed by atoms with Gasteiger partial charge in [0.2, 0.25) is 5.91 Å². The topological polar surface area (TPSA) is 105 Å². The van der Waals surface area contributed by atoms with Crippen LogP contribution >= 0.6 is 0 Å². The molecule has 0 spiro atoms. The molecule has 0 saturated heterocycles.